The minimum absolute atomic E-state index is 0.0529. The largest absolute Gasteiger partial charge is 0.494 e. The molecule has 2 aromatic carbocycles. The molecule has 34 heavy (non-hydrogen) atoms. The minimum atomic E-state index is -0.959. The molecule has 2 heterocycles. The molecule has 0 unspecified atom stereocenters. The van der Waals surface area contributed by atoms with Gasteiger partial charge in [0, 0.05) is 23.5 Å². The summed E-state index contributed by atoms with van der Waals surface area (Å²) in [5.41, 5.74) is 1.80. The third-order valence-electron chi connectivity index (χ3n) is 7.37. The van der Waals surface area contributed by atoms with Gasteiger partial charge in [0.15, 0.2) is 0 Å². The topological polar surface area (TPSA) is 63.6 Å². The number of aromatic nitrogens is 1. The Morgan fingerprint density at radius 3 is 2.59 bits per heavy atom. The summed E-state index contributed by atoms with van der Waals surface area (Å²) in [7, 11) is 0. The zero-order chi connectivity index (χ0) is 23.7. The second-order valence-corrected chi connectivity index (χ2v) is 9.69. The first-order chi connectivity index (χ1) is 16.5. The van der Waals surface area contributed by atoms with Crippen LogP contribution in [0.5, 0.6) is 5.75 Å². The van der Waals surface area contributed by atoms with Crippen LogP contribution >= 0.6 is 0 Å². The predicted octanol–water partition coefficient (Wildman–Crippen LogP) is 4.56. The lowest BCUT2D eigenvalue weighted by molar-refractivity contribution is -0.133. The number of nitrogens with zero attached hydrogens (tertiary/aromatic N) is 2. The van der Waals surface area contributed by atoms with Crippen LogP contribution < -0.4 is 10.1 Å². The molecule has 1 atom stereocenters. The standard InChI is InChI=1S/C28H33N3O3/c1-3-34-23-14-12-20(13-15-23)16-17-31-26(32)25-18-21-8-4-7-11-24(21)30(25)19-28(31,2)27(33)29-22-9-5-6-10-22/h4,7-8,11-15,18,22H,3,5-6,9-10,16-17,19H2,1-2H3,(H,29,33)/t28-/m0/s1. The number of benzene rings is 2. The van der Waals surface area contributed by atoms with Crippen molar-refractivity contribution in [2.75, 3.05) is 13.2 Å². The van der Waals surface area contributed by atoms with Crippen molar-refractivity contribution in [1.82, 2.24) is 14.8 Å². The number of rotatable bonds is 7. The second kappa shape index (κ2) is 9.16. The molecule has 5 rings (SSSR count). The van der Waals surface area contributed by atoms with Crippen LogP contribution in [0.1, 0.15) is 55.6 Å². The Kier molecular flexibility index (Phi) is 6.07. The van der Waals surface area contributed by atoms with Gasteiger partial charge in [0.05, 0.1) is 13.2 Å². The van der Waals surface area contributed by atoms with Gasteiger partial charge in [-0.1, -0.05) is 43.2 Å². The number of hydrogen-bond donors (Lipinski definition) is 1. The monoisotopic (exact) mass is 459 g/mol. The maximum Gasteiger partial charge on any atom is 0.271 e. The van der Waals surface area contributed by atoms with E-state index in [9.17, 15) is 9.59 Å². The predicted molar refractivity (Wildman–Crippen MR) is 133 cm³/mol. The molecule has 6 heteroatoms. The Morgan fingerprint density at radius 1 is 1.12 bits per heavy atom. The molecule has 1 aliphatic heterocycles. The highest BCUT2D eigenvalue weighted by atomic mass is 16.5. The Bertz CT molecular complexity index is 1190. The molecule has 0 bridgehead atoms. The third-order valence-corrected chi connectivity index (χ3v) is 7.37. The van der Waals surface area contributed by atoms with Gasteiger partial charge in [0.2, 0.25) is 5.91 Å². The summed E-state index contributed by atoms with van der Waals surface area (Å²) < 4.78 is 7.57. The maximum atomic E-state index is 13.8. The SMILES string of the molecule is CCOc1ccc(CCN2C(=O)c3cc4ccccc4n3C[C@@]2(C)C(=O)NC2CCCC2)cc1. The van der Waals surface area contributed by atoms with E-state index in [0.717, 1.165) is 47.9 Å². The van der Waals surface area contributed by atoms with Crippen LogP contribution in [0, 0.1) is 0 Å². The summed E-state index contributed by atoms with van der Waals surface area (Å²) in [6.07, 6.45) is 4.99. The average molecular weight is 460 g/mol. The number of carbonyl (C=O) groups is 2. The fourth-order valence-corrected chi connectivity index (χ4v) is 5.43. The van der Waals surface area contributed by atoms with Crippen LogP contribution in [0.25, 0.3) is 10.9 Å². The lowest BCUT2D eigenvalue weighted by Gasteiger charge is -2.44. The molecule has 6 nitrogen and oxygen atoms in total. The molecule has 2 amide bonds. The van der Waals surface area contributed by atoms with Gasteiger partial charge in [-0.25, -0.2) is 0 Å². The van der Waals surface area contributed by atoms with Gasteiger partial charge >= 0.3 is 0 Å². The van der Waals surface area contributed by atoms with E-state index >= 15 is 0 Å². The van der Waals surface area contributed by atoms with Crippen molar-refractivity contribution < 1.29 is 14.3 Å². The van der Waals surface area contributed by atoms with Gasteiger partial charge in [-0.15, -0.1) is 0 Å². The van der Waals surface area contributed by atoms with Crippen LogP contribution in [-0.4, -0.2) is 46.0 Å². The van der Waals surface area contributed by atoms with Crippen molar-refractivity contribution in [2.24, 2.45) is 0 Å². The summed E-state index contributed by atoms with van der Waals surface area (Å²) in [6.45, 7) is 5.44. The second-order valence-electron chi connectivity index (χ2n) is 9.69. The molecule has 178 valence electrons. The first-order valence-corrected chi connectivity index (χ1v) is 12.4. The van der Waals surface area contributed by atoms with Crippen LogP contribution in [0.15, 0.2) is 54.6 Å². The molecule has 1 saturated carbocycles. The highest BCUT2D eigenvalue weighted by Gasteiger charge is 2.48. The Balaban J connectivity index is 1.45. The molecule has 1 aliphatic carbocycles. The molecular formula is C28H33N3O3. The third kappa shape index (κ3) is 4.06. The first kappa shape index (κ1) is 22.5. The molecule has 0 saturated heterocycles. The van der Waals surface area contributed by atoms with Gasteiger partial charge in [0.1, 0.15) is 17.0 Å². The molecule has 1 fully saturated rings. The fraction of sp³-hybridized carbons (Fsp3) is 0.429. The van der Waals surface area contributed by atoms with Crippen LogP contribution in [0.4, 0.5) is 0 Å². The van der Waals surface area contributed by atoms with Crippen molar-refractivity contribution in [3.63, 3.8) is 0 Å². The number of para-hydroxylation sites is 1. The van der Waals surface area contributed by atoms with Crippen LogP contribution in [0.3, 0.4) is 0 Å². The number of amides is 2. The molecule has 0 radical (unpaired) electrons. The van der Waals surface area contributed by atoms with Gasteiger partial charge < -0.3 is 19.5 Å². The zero-order valence-electron chi connectivity index (χ0n) is 20.0. The summed E-state index contributed by atoms with van der Waals surface area (Å²) in [6, 6.07) is 18.2. The Labute approximate surface area is 200 Å². The molecule has 2 aliphatic rings. The van der Waals surface area contributed by atoms with E-state index in [1.54, 1.807) is 4.90 Å². The smallest absolute Gasteiger partial charge is 0.271 e. The van der Waals surface area contributed by atoms with E-state index in [1.165, 1.54) is 0 Å². The quantitative estimate of drug-likeness (QED) is 0.564. The van der Waals surface area contributed by atoms with Gasteiger partial charge in [-0.2, -0.15) is 0 Å². The number of hydrogen-bond acceptors (Lipinski definition) is 3. The van der Waals surface area contributed by atoms with Crippen molar-refractivity contribution in [3.8, 4) is 5.75 Å². The molecule has 1 aromatic heterocycles. The number of nitrogens with one attached hydrogen (secondary N) is 1. The van der Waals surface area contributed by atoms with Crippen molar-refractivity contribution >= 4 is 22.7 Å². The summed E-state index contributed by atoms with van der Waals surface area (Å²) in [5, 5.41) is 4.29. The minimum Gasteiger partial charge on any atom is -0.494 e. The number of fused-ring (bicyclic) bond motifs is 3. The number of carbonyl (C=O) groups excluding carboxylic acids is 2. The average Bonchev–Trinajstić information content (AvgIpc) is 3.48. The van der Waals surface area contributed by atoms with Crippen LogP contribution in [-0.2, 0) is 17.8 Å². The van der Waals surface area contributed by atoms with Gasteiger partial charge in [-0.3, -0.25) is 9.59 Å². The van der Waals surface area contributed by atoms with Crippen LogP contribution in [0.2, 0.25) is 0 Å². The van der Waals surface area contributed by atoms with E-state index in [4.69, 9.17) is 4.74 Å². The van der Waals surface area contributed by atoms with E-state index < -0.39 is 5.54 Å². The number of ether oxygens (including phenoxy) is 1. The van der Waals surface area contributed by atoms with E-state index in [1.807, 2.05) is 73.0 Å². The normalized spacial score (nSPS) is 20.5. The van der Waals surface area contributed by atoms with Gasteiger partial charge in [-0.05, 0) is 62.9 Å². The molecular weight excluding hydrogens is 426 g/mol. The van der Waals surface area contributed by atoms with Crippen molar-refractivity contribution in [2.45, 2.75) is 64.1 Å². The van der Waals surface area contributed by atoms with Gasteiger partial charge in [0.25, 0.3) is 5.91 Å². The van der Waals surface area contributed by atoms with Crippen molar-refractivity contribution in [1.29, 1.82) is 0 Å². The fourth-order valence-electron chi connectivity index (χ4n) is 5.43. The highest BCUT2D eigenvalue weighted by Crippen LogP contribution is 2.33. The zero-order valence-corrected chi connectivity index (χ0v) is 20.0. The summed E-state index contributed by atoms with van der Waals surface area (Å²) in [4.78, 5) is 29.3. The Morgan fingerprint density at radius 2 is 1.85 bits per heavy atom. The summed E-state index contributed by atoms with van der Waals surface area (Å²) >= 11 is 0. The molecule has 1 N–H and O–H groups in total. The van der Waals surface area contributed by atoms with E-state index in [0.29, 0.717) is 31.8 Å². The van der Waals surface area contributed by atoms with E-state index in [2.05, 4.69) is 5.32 Å². The van der Waals surface area contributed by atoms with Crippen molar-refractivity contribution in [3.05, 3.63) is 65.9 Å². The first-order valence-electron chi connectivity index (χ1n) is 12.4. The maximum absolute atomic E-state index is 13.8. The summed E-state index contributed by atoms with van der Waals surface area (Å²) in [5.74, 6) is 0.700. The lowest BCUT2D eigenvalue weighted by Crippen LogP contribution is -2.65. The lowest BCUT2D eigenvalue weighted by atomic mass is 9.93. The highest BCUT2D eigenvalue weighted by molar-refractivity contribution is 6.03. The Hall–Kier alpha value is -3.28. The molecule has 0 spiro atoms. The van der Waals surface area contributed by atoms with E-state index in [-0.39, 0.29) is 17.9 Å². The molecule has 3 aromatic rings.